The Hall–Kier alpha value is -0.880. The molecule has 0 unspecified atom stereocenters. The van der Waals surface area contributed by atoms with E-state index in [1.807, 2.05) is 6.92 Å². The molecular weight excluding hydrogens is 368 g/mol. The van der Waals surface area contributed by atoms with E-state index in [4.69, 9.17) is 9.84 Å². The molecule has 0 radical (unpaired) electrons. The standard InChI is InChI=1S/C12H12Br2O4/c1-3-6-9(11(15)16)8(13)5-7(10(6)14)12(17)18-4-2/h5H,3-4H2,1-2H3,(H,15,16). The highest BCUT2D eigenvalue weighted by Gasteiger charge is 2.22. The van der Waals surface area contributed by atoms with Crippen LogP contribution in [-0.4, -0.2) is 23.7 Å². The van der Waals surface area contributed by atoms with Gasteiger partial charge in [0.05, 0.1) is 17.7 Å². The molecule has 0 bridgehead atoms. The zero-order valence-electron chi connectivity index (χ0n) is 9.92. The van der Waals surface area contributed by atoms with Gasteiger partial charge in [0.15, 0.2) is 0 Å². The van der Waals surface area contributed by atoms with Crippen molar-refractivity contribution in [1.82, 2.24) is 0 Å². The van der Waals surface area contributed by atoms with Crippen LogP contribution in [0.3, 0.4) is 0 Å². The first-order valence-electron chi connectivity index (χ1n) is 5.35. The normalized spacial score (nSPS) is 10.2. The van der Waals surface area contributed by atoms with Crippen LogP contribution >= 0.6 is 31.9 Å². The van der Waals surface area contributed by atoms with Crippen LogP contribution in [-0.2, 0) is 11.2 Å². The zero-order chi connectivity index (χ0) is 13.9. The third kappa shape index (κ3) is 2.92. The van der Waals surface area contributed by atoms with Gasteiger partial charge in [-0.25, -0.2) is 9.59 Å². The highest BCUT2D eigenvalue weighted by Crippen LogP contribution is 2.32. The summed E-state index contributed by atoms with van der Waals surface area (Å²) in [5.41, 5.74) is 1.06. The number of rotatable bonds is 4. The number of carbonyl (C=O) groups is 2. The van der Waals surface area contributed by atoms with E-state index in [2.05, 4.69) is 31.9 Å². The number of esters is 1. The van der Waals surface area contributed by atoms with E-state index in [0.29, 0.717) is 26.5 Å². The molecule has 0 heterocycles. The van der Waals surface area contributed by atoms with Gasteiger partial charge >= 0.3 is 11.9 Å². The number of carbonyl (C=O) groups excluding carboxylic acids is 1. The summed E-state index contributed by atoms with van der Waals surface area (Å²) in [6.07, 6.45) is 0.494. The molecule has 0 fully saturated rings. The minimum absolute atomic E-state index is 0.164. The number of carboxylic acids is 1. The van der Waals surface area contributed by atoms with E-state index in [1.54, 1.807) is 6.92 Å². The topological polar surface area (TPSA) is 63.6 Å². The summed E-state index contributed by atoms with van der Waals surface area (Å²) < 4.78 is 5.78. The fraction of sp³-hybridized carbons (Fsp3) is 0.333. The number of ether oxygens (including phenoxy) is 1. The van der Waals surface area contributed by atoms with Gasteiger partial charge in [0.1, 0.15) is 0 Å². The van der Waals surface area contributed by atoms with Crippen LogP contribution in [0.15, 0.2) is 15.0 Å². The average Bonchev–Trinajstić information content (AvgIpc) is 2.30. The van der Waals surface area contributed by atoms with E-state index >= 15 is 0 Å². The maximum absolute atomic E-state index is 11.7. The molecule has 4 nitrogen and oxygen atoms in total. The largest absolute Gasteiger partial charge is 0.478 e. The quantitative estimate of drug-likeness (QED) is 0.811. The van der Waals surface area contributed by atoms with Gasteiger partial charge < -0.3 is 9.84 Å². The lowest BCUT2D eigenvalue weighted by molar-refractivity contribution is 0.0523. The summed E-state index contributed by atoms with van der Waals surface area (Å²) in [4.78, 5) is 22.9. The number of benzene rings is 1. The van der Waals surface area contributed by atoms with Gasteiger partial charge in [-0.15, -0.1) is 0 Å². The van der Waals surface area contributed by atoms with Crippen molar-refractivity contribution >= 4 is 43.8 Å². The summed E-state index contributed by atoms with van der Waals surface area (Å²) in [7, 11) is 0. The van der Waals surface area contributed by atoms with Gasteiger partial charge in [0, 0.05) is 8.95 Å². The van der Waals surface area contributed by atoms with Crippen molar-refractivity contribution in [2.75, 3.05) is 6.61 Å². The van der Waals surface area contributed by atoms with Gasteiger partial charge in [0.2, 0.25) is 0 Å². The lowest BCUT2D eigenvalue weighted by Crippen LogP contribution is -2.11. The van der Waals surface area contributed by atoms with E-state index in [1.165, 1.54) is 6.07 Å². The van der Waals surface area contributed by atoms with E-state index in [9.17, 15) is 9.59 Å². The molecule has 0 aliphatic heterocycles. The fourth-order valence-electron chi connectivity index (χ4n) is 1.60. The highest BCUT2D eigenvalue weighted by molar-refractivity contribution is 9.11. The second kappa shape index (κ2) is 6.33. The Kier molecular flexibility index (Phi) is 5.34. The van der Waals surface area contributed by atoms with Crippen LogP contribution in [0.2, 0.25) is 0 Å². The Morgan fingerprint density at radius 1 is 1.33 bits per heavy atom. The molecule has 1 N–H and O–H groups in total. The Morgan fingerprint density at radius 3 is 2.39 bits per heavy atom. The third-order valence-electron chi connectivity index (χ3n) is 2.38. The second-order valence-corrected chi connectivity index (χ2v) is 5.10. The Labute approximate surface area is 122 Å². The summed E-state index contributed by atoms with van der Waals surface area (Å²) in [5.74, 6) is -1.51. The van der Waals surface area contributed by atoms with Crippen LogP contribution in [0.5, 0.6) is 0 Å². The van der Waals surface area contributed by atoms with Crippen molar-refractivity contribution in [3.8, 4) is 0 Å². The smallest absolute Gasteiger partial charge is 0.339 e. The maximum atomic E-state index is 11.7. The van der Waals surface area contributed by atoms with E-state index in [-0.39, 0.29) is 12.2 Å². The lowest BCUT2D eigenvalue weighted by Gasteiger charge is -2.13. The molecule has 1 aromatic rings. The van der Waals surface area contributed by atoms with Crippen LogP contribution in [0, 0.1) is 0 Å². The van der Waals surface area contributed by atoms with Gasteiger partial charge in [0.25, 0.3) is 0 Å². The molecule has 0 aromatic heterocycles. The number of carboxylic acid groups (broad SMARTS) is 1. The number of hydrogen-bond donors (Lipinski definition) is 1. The predicted octanol–water partition coefficient (Wildman–Crippen LogP) is 3.65. The summed E-state index contributed by atoms with van der Waals surface area (Å²) >= 11 is 6.46. The van der Waals surface area contributed by atoms with Gasteiger partial charge in [-0.2, -0.15) is 0 Å². The molecule has 18 heavy (non-hydrogen) atoms. The lowest BCUT2D eigenvalue weighted by atomic mass is 10.0. The first kappa shape index (κ1) is 15.2. The molecule has 0 saturated carbocycles. The van der Waals surface area contributed by atoms with Crippen molar-refractivity contribution in [3.63, 3.8) is 0 Å². The molecule has 1 aromatic carbocycles. The first-order valence-corrected chi connectivity index (χ1v) is 6.93. The molecule has 0 saturated heterocycles. The van der Waals surface area contributed by atoms with Gasteiger partial charge in [-0.3, -0.25) is 0 Å². The number of aromatic carboxylic acids is 1. The Morgan fingerprint density at radius 2 is 1.94 bits per heavy atom. The minimum atomic E-state index is -1.03. The van der Waals surface area contributed by atoms with Crippen LogP contribution < -0.4 is 0 Å². The van der Waals surface area contributed by atoms with Crippen LogP contribution in [0.25, 0.3) is 0 Å². The maximum Gasteiger partial charge on any atom is 0.339 e. The van der Waals surface area contributed by atoms with Crippen LogP contribution in [0.4, 0.5) is 0 Å². The molecule has 0 spiro atoms. The monoisotopic (exact) mass is 378 g/mol. The van der Waals surface area contributed by atoms with Crippen molar-refractivity contribution in [2.45, 2.75) is 20.3 Å². The number of halogens is 2. The summed E-state index contributed by atoms with van der Waals surface area (Å²) in [6, 6.07) is 1.46. The second-order valence-electron chi connectivity index (χ2n) is 3.45. The van der Waals surface area contributed by atoms with Gasteiger partial charge in [-0.1, -0.05) is 6.92 Å². The zero-order valence-corrected chi connectivity index (χ0v) is 13.1. The summed E-state index contributed by atoms with van der Waals surface area (Å²) in [6.45, 7) is 3.81. The third-order valence-corrected chi connectivity index (χ3v) is 3.91. The average molecular weight is 380 g/mol. The predicted molar refractivity (Wildman–Crippen MR) is 74.1 cm³/mol. The molecule has 6 heteroatoms. The molecule has 1 rings (SSSR count). The van der Waals surface area contributed by atoms with E-state index < -0.39 is 11.9 Å². The number of hydrogen-bond acceptors (Lipinski definition) is 3. The van der Waals surface area contributed by atoms with Gasteiger partial charge in [-0.05, 0) is 56.8 Å². The first-order chi connectivity index (χ1) is 8.43. The SMILES string of the molecule is CCOC(=O)c1cc(Br)c(C(=O)O)c(CC)c1Br. The molecule has 0 atom stereocenters. The van der Waals surface area contributed by atoms with Crippen LogP contribution in [0.1, 0.15) is 40.1 Å². The van der Waals surface area contributed by atoms with Crippen molar-refractivity contribution in [3.05, 3.63) is 31.7 Å². The van der Waals surface area contributed by atoms with Crippen molar-refractivity contribution in [2.24, 2.45) is 0 Å². The molecule has 98 valence electrons. The highest BCUT2D eigenvalue weighted by atomic mass is 79.9. The molecule has 0 aliphatic carbocycles. The molecule has 0 aliphatic rings. The molecule has 0 amide bonds. The molecular formula is C12H12Br2O4. The Bertz CT molecular complexity index is 497. The minimum Gasteiger partial charge on any atom is -0.478 e. The van der Waals surface area contributed by atoms with E-state index in [0.717, 1.165) is 0 Å². The van der Waals surface area contributed by atoms with Crippen molar-refractivity contribution in [1.29, 1.82) is 0 Å². The fourth-order valence-corrected chi connectivity index (χ4v) is 2.99. The summed E-state index contributed by atoms with van der Waals surface area (Å²) in [5, 5.41) is 9.17. The Balaban J connectivity index is 3.47. The van der Waals surface area contributed by atoms with Crippen molar-refractivity contribution < 1.29 is 19.4 Å².